The number of fused-ring (bicyclic) bond motifs is 1. The SMILES string of the molecule is O=C1NC(c2cc3c(s2)CCC3)CO1. The van der Waals surface area contributed by atoms with Crippen molar-refractivity contribution < 1.29 is 9.53 Å². The van der Waals surface area contributed by atoms with Crippen LogP contribution in [0.25, 0.3) is 0 Å². The fraction of sp³-hybridized carbons (Fsp3) is 0.500. The molecule has 2 aliphatic rings. The normalized spacial score (nSPS) is 24.6. The van der Waals surface area contributed by atoms with Gasteiger partial charge in [-0.2, -0.15) is 0 Å². The van der Waals surface area contributed by atoms with Crippen molar-refractivity contribution in [2.45, 2.75) is 25.3 Å². The van der Waals surface area contributed by atoms with E-state index in [1.807, 2.05) is 11.3 Å². The molecule has 1 aromatic rings. The molecule has 1 unspecified atom stereocenters. The van der Waals surface area contributed by atoms with Gasteiger partial charge in [0.05, 0.1) is 0 Å². The first-order chi connectivity index (χ1) is 6.83. The number of nitrogens with one attached hydrogen (secondary N) is 1. The van der Waals surface area contributed by atoms with E-state index in [-0.39, 0.29) is 12.1 Å². The van der Waals surface area contributed by atoms with Crippen LogP contribution in [0.3, 0.4) is 0 Å². The summed E-state index contributed by atoms with van der Waals surface area (Å²) in [4.78, 5) is 13.6. The van der Waals surface area contributed by atoms with E-state index in [4.69, 9.17) is 4.74 Å². The van der Waals surface area contributed by atoms with Gasteiger partial charge in [0.2, 0.25) is 0 Å². The second kappa shape index (κ2) is 2.98. The first-order valence-corrected chi connectivity index (χ1v) is 5.69. The molecule has 4 heteroatoms. The lowest BCUT2D eigenvalue weighted by Gasteiger charge is -2.02. The van der Waals surface area contributed by atoms with Crippen molar-refractivity contribution in [3.63, 3.8) is 0 Å². The van der Waals surface area contributed by atoms with Gasteiger partial charge in [-0.15, -0.1) is 11.3 Å². The molecule has 2 heterocycles. The van der Waals surface area contributed by atoms with Gasteiger partial charge >= 0.3 is 6.09 Å². The standard InChI is InChI=1S/C10H11NO2S/c12-10-11-7(5-13-10)9-4-6-2-1-3-8(6)14-9/h4,7H,1-3,5H2,(H,11,12). The number of carbonyl (C=O) groups excluding carboxylic acids is 1. The summed E-state index contributed by atoms with van der Waals surface area (Å²) >= 11 is 1.83. The van der Waals surface area contributed by atoms with Crippen LogP contribution in [0.15, 0.2) is 6.07 Å². The molecule has 0 radical (unpaired) electrons. The molecule has 0 saturated carbocycles. The minimum atomic E-state index is -0.288. The summed E-state index contributed by atoms with van der Waals surface area (Å²) in [6.07, 6.45) is 3.41. The van der Waals surface area contributed by atoms with Crippen LogP contribution in [0.1, 0.15) is 27.8 Å². The van der Waals surface area contributed by atoms with Gasteiger partial charge in [0, 0.05) is 9.75 Å². The number of aryl methyl sites for hydroxylation is 2. The number of ether oxygens (including phenoxy) is 1. The van der Waals surface area contributed by atoms with Gasteiger partial charge in [-0.1, -0.05) is 0 Å². The number of carbonyl (C=O) groups is 1. The number of hydrogen-bond acceptors (Lipinski definition) is 3. The van der Waals surface area contributed by atoms with E-state index < -0.39 is 0 Å². The third-order valence-corrected chi connectivity index (χ3v) is 4.13. The van der Waals surface area contributed by atoms with Crippen molar-refractivity contribution in [1.29, 1.82) is 0 Å². The van der Waals surface area contributed by atoms with Crippen LogP contribution in [-0.4, -0.2) is 12.7 Å². The van der Waals surface area contributed by atoms with E-state index in [2.05, 4.69) is 11.4 Å². The monoisotopic (exact) mass is 209 g/mol. The Bertz CT molecular complexity index is 364. The van der Waals surface area contributed by atoms with Gasteiger partial charge in [0.25, 0.3) is 0 Å². The molecule has 0 spiro atoms. The van der Waals surface area contributed by atoms with Crippen LogP contribution in [0, 0.1) is 0 Å². The van der Waals surface area contributed by atoms with Crippen molar-refractivity contribution in [3.05, 3.63) is 21.4 Å². The number of thiophene rings is 1. The maximum atomic E-state index is 10.9. The average Bonchev–Trinajstić information content (AvgIpc) is 2.75. The summed E-state index contributed by atoms with van der Waals surface area (Å²) in [5.74, 6) is 0. The largest absolute Gasteiger partial charge is 0.447 e. The van der Waals surface area contributed by atoms with Gasteiger partial charge < -0.3 is 10.1 Å². The van der Waals surface area contributed by atoms with Crippen molar-refractivity contribution in [3.8, 4) is 0 Å². The molecular formula is C10H11NO2S. The van der Waals surface area contributed by atoms with Crippen LogP contribution >= 0.6 is 11.3 Å². The molecule has 3 nitrogen and oxygen atoms in total. The Morgan fingerprint density at radius 1 is 1.50 bits per heavy atom. The zero-order valence-electron chi connectivity index (χ0n) is 7.71. The molecule has 1 aromatic heterocycles. The Hall–Kier alpha value is -1.03. The molecule has 1 aliphatic carbocycles. The van der Waals surface area contributed by atoms with E-state index in [1.54, 1.807) is 0 Å². The molecule has 0 aromatic carbocycles. The highest BCUT2D eigenvalue weighted by atomic mass is 32.1. The minimum absolute atomic E-state index is 0.0955. The highest BCUT2D eigenvalue weighted by Crippen LogP contribution is 2.34. The second-order valence-electron chi connectivity index (χ2n) is 3.75. The van der Waals surface area contributed by atoms with Crippen molar-refractivity contribution >= 4 is 17.4 Å². The predicted octanol–water partition coefficient (Wildman–Crippen LogP) is 2.02. The highest BCUT2D eigenvalue weighted by molar-refractivity contribution is 7.12. The lowest BCUT2D eigenvalue weighted by atomic mass is 10.2. The van der Waals surface area contributed by atoms with Gasteiger partial charge in [0.15, 0.2) is 0 Å². The summed E-state index contributed by atoms with van der Waals surface area (Å²) in [6, 6.07) is 2.32. The first-order valence-electron chi connectivity index (χ1n) is 4.88. The van der Waals surface area contributed by atoms with Crippen LogP contribution in [0.2, 0.25) is 0 Å². The fourth-order valence-corrected chi connectivity index (χ4v) is 3.36. The van der Waals surface area contributed by atoms with Gasteiger partial charge in [-0.3, -0.25) is 0 Å². The minimum Gasteiger partial charge on any atom is -0.447 e. The Balaban J connectivity index is 1.87. The van der Waals surface area contributed by atoms with Gasteiger partial charge in [0.1, 0.15) is 12.6 Å². The van der Waals surface area contributed by atoms with Crippen LogP contribution in [0.5, 0.6) is 0 Å². The first kappa shape index (κ1) is 8.29. The van der Waals surface area contributed by atoms with E-state index in [0.29, 0.717) is 6.61 Å². The molecule has 3 rings (SSSR count). The molecule has 14 heavy (non-hydrogen) atoms. The summed E-state index contributed by atoms with van der Waals surface area (Å²) in [7, 11) is 0. The van der Waals surface area contributed by atoms with E-state index in [9.17, 15) is 4.79 Å². The lowest BCUT2D eigenvalue weighted by molar-refractivity contribution is 0.177. The Morgan fingerprint density at radius 2 is 2.43 bits per heavy atom. The zero-order valence-corrected chi connectivity index (χ0v) is 8.52. The summed E-state index contributed by atoms with van der Waals surface area (Å²) < 4.78 is 4.88. The Kier molecular flexibility index (Phi) is 1.77. The number of hydrogen-bond donors (Lipinski definition) is 1. The van der Waals surface area contributed by atoms with E-state index >= 15 is 0 Å². The van der Waals surface area contributed by atoms with Crippen molar-refractivity contribution in [2.75, 3.05) is 6.61 Å². The highest BCUT2D eigenvalue weighted by Gasteiger charge is 2.27. The van der Waals surface area contributed by atoms with Crippen LogP contribution < -0.4 is 5.32 Å². The molecule has 1 saturated heterocycles. The fourth-order valence-electron chi connectivity index (χ4n) is 2.06. The van der Waals surface area contributed by atoms with E-state index in [1.165, 1.54) is 34.6 Å². The lowest BCUT2D eigenvalue weighted by Crippen LogP contribution is -2.17. The average molecular weight is 209 g/mol. The molecule has 1 amide bonds. The van der Waals surface area contributed by atoms with Crippen molar-refractivity contribution in [2.24, 2.45) is 0 Å². The van der Waals surface area contributed by atoms with E-state index in [0.717, 1.165) is 0 Å². The third kappa shape index (κ3) is 1.21. The molecular weight excluding hydrogens is 198 g/mol. The predicted molar refractivity (Wildman–Crippen MR) is 53.6 cm³/mol. The smallest absolute Gasteiger partial charge is 0.407 e. The molecule has 1 N–H and O–H groups in total. The third-order valence-electron chi connectivity index (χ3n) is 2.78. The molecule has 74 valence electrons. The summed E-state index contributed by atoms with van der Waals surface area (Å²) in [6.45, 7) is 0.484. The van der Waals surface area contributed by atoms with Crippen LogP contribution in [0.4, 0.5) is 4.79 Å². The quantitative estimate of drug-likeness (QED) is 0.768. The second-order valence-corrected chi connectivity index (χ2v) is 4.91. The molecule has 1 fully saturated rings. The Labute approximate surface area is 86.1 Å². The maximum Gasteiger partial charge on any atom is 0.407 e. The maximum absolute atomic E-state index is 10.9. The molecule has 0 bridgehead atoms. The summed E-state index contributed by atoms with van der Waals surface area (Å²) in [5.41, 5.74) is 1.48. The number of amides is 1. The van der Waals surface area contributed by atoms with Gasteiger partial charge in [-0.05, 0) is 30.9 Å². The van der Waals surface area contributed by atoms with Gasteiger partial charge in [-0.25, -0.2) is 4.79 Å². The Morgan fingerprint density at radius 3 is 3.14 bits per heavy atom. The number of alkyl carbamates (subject to hydrolysis) is 1. The summed E-state index contributed by atoms with van der Waals surface area (Å²) in [5, 5.41) is 2.81. The molecule has 1 aliphatic heterocycles. The zero-order chi connectivity index (χ0) is 9.54. The molecule has 1 atom stereocenters. The number of cyclic esters (lactones) is 1. The topological polar surface area (TPSA) is 38.3 Å². The van der Waals surface area contributed by atoms with Crippen LogP contribution in [-0.2, 0) is 17.6 Å². The number of rotatable bonds is 1. The van der Waals surface area contributed by atoms with Crippen molar-refractivity contribution in [1.82, 2.24) is 5.32 Å².